The Hall–Kier alpha value is -1.30. The molecule has 0 unspecified atom stereocenters. The van der Waals surface area contributed by atoms with Crippen molar-refractivity contribution in [3.63, 3.8) is 0 Å². The smallest absolute Gasteiger partial charge is 0.390 e. The Kier molecular flexibility index (Phi) is 12.3. The number of nitrogens with one attached hydrogen (secondary N) is 2. The molecule has 0 aliphatic carbocycles. The van der Waals surface area contributed by atoms with E-state index in [-0.39, 0.29) is 37.1 Å². The van der Waals surface area contributed by atoms with E-state index < -0.39 is 12.6 Å². The van der Waals surface area contributed by atoms with Crippen LogP contribution in [0, 0.1) is 0 Å². The van der Waals surface area contributed by atoms with Crippen molar-refractivity contribution in [3.05, 3.63) is 23.9 Å². The molecule has 0 aliphatic rings. The summed E-state index contributed by atoms with van der Waals surface area (Å²) in [7, 11) is 1.57. The number of guanidine groups is 1. The number of aromatic nitrogens is 1. The first kappa shape index (κ1) is 23.7. The number of alkyl halides is 3. The Bertz CT molecular complexity index is 516. The van der Waals surface area contributed by atoms with Gasteiger partial charge in [-0.25, -0.2) is 9.98 Å². The SMILES string of the molecule is CCNC(=NCc1cccnc1OCCOC)NCCC(F)(F)F.I. The summed E-state index contributed by atoms with van der Waals surface area (Å²) < 4.78 is 47.0. The van der Waals surface area contributed by atoms with Crippen molar-refractivity contribution in [2.75, 3.05) is 33.4 Å². The minimum absolute atomic E-state index is 0. The summed E-state index contributed by atoms with van der Waals surface area (Å²) in [5.41, 5.74) is 0.738. The largest absolute Gasteiger partial charge is 0.475 e. The van der Waals surface area contributed by atoms with Gasteiger partial charge in [0.2, 0.25) is 5.88 Å². The maximum absolute atomic E-state index is 12.2. The van der Waals surface area contributed by atoms with Crippen LogP contribution < -0.4 is 15.4 Å². The first-order valence-electron chi connectivity index (χ1n) is 7.60. The molecule has 0 atom stereocenters. The molecule has 1 heterocycles. The molecule has 2 N–H and O–H groups in total. The van der Waals surface area contributed by atoms with Crippen molar-refractivity contribution >= 4 is 29.9 Å². The molecule has 0 aromatic carbocycles. The summed E-state index contributed by atoms with van der Waals surface area (Å²) in [6.45, 7) is 3.17. The quantitative estimate of drug-likeness (QED) is 0.249. The van der Waals surface area contributed by atoms with Crippen LogP contribution in [0.15, 0.2) is 23.3 Å². The van der Waals surface area contributed by atoms with Gasteiger partial charge in [-0.05, 0) is 13.0 Å². The van der Waals surface area contributed by atoms with Gasteiger partial charge in [0.25, 0.3) is 0 Å². The van der Waals surface area contributed by atoms with E-state index >= 15 is 0 Å². The highest BCUT2D eigenvalue weighted by atomic mass is 127. The number of halogens is 4. The molecule has 0 fully saturated rings. The Labute approximate surface area is 162 Å². The molecule has 1 aromatic heterocycles. The molecule has 144 valence electrons. The number of hydrogen-bond donors (Lipinski definition) is 2. The second-order valence-corrected chi connectivity index (χ2v) is 4.80. The predicted octanol–water partition coefficient (Wildman–Crippen LogP) is 2.73. The zero-order valence-electron chi connectivity index (χ0n) is 14.2. The van der Waals surface area contributed by atoms with Gasteiger partial charge in [-0.2, -0.15) is 13.2 Å². The van der Waals surface area contributed by atoms with E-state index in [1.165, 1.54) is 0 Å². The maximum Gasteiger partial charge on any atom is 0.390 e. The fourth-order valence-electron chi connectivity index (χ4n) is 1.72. The Balaban J connectivity index is 0.00000576. The van der Waals surface area contributed by atoms with Crippen molar-refractivity contribution in [2.24, 2.45) is 4.99 Å². The third kappa shape index (κ3) is 11.0. The summed E-state index contributed by atoms with van der Waals surface area (Å²) in [4.78, 5) is 8.40. The molecule has 6 nitrogen and oxygen atoms in total. The number of nitrogens with zero attached hydrogens (tertiary/aromatic N) is 2. The zero-order chi connectivity index (χ0) is 17.8. The summed E-state index contributed by atoms with van der Waals surface area (Å²) in [6.07, 6.45) is -3.52. The first-order valence-corrected chi connectivity index (χ1v) is 7.60. The lowest BCUT2D eigenvalue weighted by Gasteiger charge is -2.13. The molecule has 10 heteroatoms. The van der Waals surface area contributed by atoms with E-state index in [1.807, 2.05) is 6.92 Å². The highest BCUT2D eigenvalue weighted by Crippen LogP contribution is 2.18. The lowest BCUT2D eigenvalue weighted by molar-refractivity contribution is -0.132. The lowest BCUT2D eigenvalue weighted by atomic mass is 10.3. The highest BCUT2D eigenvalue weighted by Gasteiger charge is 2.26. The van der Waals surface area contributed by atoms with E-state index in [1.54, 1.807) is 25.4 Å². The minimum Gasteiger partial charge on any atom is -0.475 e. The molecule has 0 amide bonds. The van der Waals surface area contributed by atoms with E-state index in [4.69, 9.17) is 9.47 Å². The maximum atomic E-state index is 12.2. The van der Waals surface area contributed by atoms with Crippen LogP contribution in [-0.4, -0.2) is 50.5 Å². The highest BCUT2D eigenvalue weighted by molar-refractivity contribution is 14.0. The average molecular weight is 476 g/mol. The zero-order valence-corrected chi connectivity index (χ0v) is 16.6. The number of pyridine rings is 1. The van der Waals surface area contributed by atoms with Gasteiger partial charge in [0.1, 0.15) is 6.61 Å². The van der Waals surface area contributed by atoms with Crippen molar-refractivity contribution in [1.82, 2.24) is 15.6 Å². The van der Waals surface area contributed by atoms with Gasteiger partial charge in [-0.3, -0.25) is 0 Å². The lowest BCUT2D eigenvalue weighted by Crippen LogP contribution is -2.38. The average Bonchev–Trinajstić information content (AvgIpc) is 2.53. The van der Waals surface area contributed by atoms with Crippen molar-refractivity contribution in [1.29, 1.82) is 0 Å². The Morgan fingerprint density at radius 3 is 2.68 bits per heavy atom. The standard InChI is InChI=1S/C15H23F3N4O2.HI/c1-3-19-14(21-8-6-15(16,17)18)22-11-12-5-4-7-20-13(12)24-10-9-23-2;/h4-5,7H,3,6,8-11H2,1-2H3,(H2,19,21,22);1H. The van der Waals surface area contributed by atoms with Crippen LogP contribution in [0.25, 0.3) is 0 Å². The molecule has 0 saturated carbocycles. The van der Waals surface area contributed by atoms with Crippen LogP contribution in [0.1, 0.15) is 18.9 Å². The fourth-order valence-corrected chi connectivity index (χ4v) is 1.72. The summed E-state index contributed by atoms with van der Waals surface area (Å²) in [5.74, 6) is 0.748. The van der Waals surface area contributed by atoms with Gasteiger partial charge in [-0.1, -0.05) is 6.07 Å². The second kappa shape index (κ2) is 13.0. The summed E-state index contributed by atoms with van der Waals surface area (Å²) in [6, 6.07) is 3.55. The number of aliphatic imine (C=N–C) groups is 1. The number of methoxy groups -OCH3 is 1. The number of ether oxygens (including phenoxy) is 2. The van der Waals surface area contributed by atoms with Gasteiger partial charge in [0, 0.05) is 32.0 Å². The molecule has 1 aromatic rings. The van der Waals surface area contributed by atoms with Gasteiger partial charge < -0.3 is 20.1 Å². The first-order chi connectivity index (χ1) is 11.5. The Morgan fingerprint density at radius 2 is 2.04 bits per heavy atom. The molecule has 0 aliphatic heterocycles. The number of hydrogen-bond acceptors (Lipinski definition) is 4. The molecule has 25 heavy (non-hydrogen) atoms. The molecule has 0 radical (unpaired) electrons. The summed E-state index contributed by atoms with van der Waals surface area (Å²) in [5, 5.41) is 5.56. The molecule has 0 saturated heterocycles. The van der Waals surface area contributed by atoms with E-state index in [0.717, 1.165) is 5.56 Å². The van der Waals surface area contributed by atoms with Gasteiger partial charge in [0.15, 0.2) is 5.96 Å². The molecule has 0 spiro atoms. The Morgan fingerprint density at radius 1 is 1.28 bits per heavy atom. The van der Waals surface area contributed by atoms with Crippen molar-refractivity contribution < 1.29 is 22.6 Å². The van der Waals surface area contributed by atoms with Gasteiger partial charge in [-0.15, -0.1) is 24.0 Å². The van der Waals surface area contributed by atoms with Crippen LogP contribution in [0.5, 0.6) is 5.88 Å². The third-order valence-electron chi connectivity index (χ3n) is 2.83. The second-order valence-electron chi connectivity index (χ2n) is 4.80. The monoisotopic (exact) mass is 476 g/mol. The summed E-state index contributed by atoms with van der Waals surface area (Å²) >= 11 is 0. The fraction of sp³-hybridized carbons (Fsp3) is 0.600. The number of rotatable bonds is 9. The van der Waals surface area contributed by atoms with Crippen LogP contribution in [0.4, 0.5) is 13.2 Å². The van der Waals surface area contributed by atoms with Crippen molar-refractivity contribution in [2.45, 2.75) is 26.1 Å². The molecule has 0 bridgehead atoms. The topological polar surface area (TPSA) is 67.8 Å². The van der Waals surface area contributed by atoms with E-state index in [9.17, 15) is 13.2 Å². The van der Waals surface area contributed by atoms with Crippen LogP contribution in [0.3, 0.4) is 0 Å². The minimum atomic E-state index is -4.20. The van der Waals surface area contributed by atoms with Gasteiger partial charge in [0.05, 0.1) is 19.6 Å². The van der Waals surface area contributed by atoms with Gasteiger partial charge >= 0.3 is 6.18 Å². The van der Waals surface area contributed by atoms with Crippen LogP contribution in [0.2, 0.25) is 0 Å². The molecule has 1 rings (SSSR count). The van der Waals surface area contributed by atoms with Crippen LogP contribution >= 0.6 is 24.0 Å². The van der Waals surface area contributed by atoms with Crippen molar-refractivity contribution in [3.8, 4) is 5.88 Å². The van der Waals surface area contributed by atoms with Crippen LogP contribution in [-0.2, 0) is 11.3 Å². The van der Waals surface area contributed by atoms with E-state index in [0.29, 0.717) is 31.6 Å². The normalized spacial score (nSPS) is 11.6. The third-order valence-corrected chi connectivity index (χ3v) is 2.83. The molecular formula is C15H24F3IN4O2. The van der Waals surface area contributed by atoms with E-state index in [2.05, 4.69) is 20.6 Å². The predicted molar refractivity (Wildman–Crippen MR) is 101 cm³/mol. The molecular weight excluding hydrogens is 452 g/mol.